The van der Waals surface area contributed by atoms with E-state index in [1.807, 2.05) is 97.1 Å². The Bertz CT molecular complexity index is 2910. The number of pyridine rings is 4. The summed E-state index contributed by atoms with van der Waals surface area (Å²) in [7, 11) is 0. The molecule has 0 amide bonds. The van der Waals surface area contributed by atoms with Gasteiger partial charge in [-0.1, -0.05) is 60.7 Å². The third-order valence-electron chi connectivity index (χ3n) is 9.54. The monoisotopic (exact) mass is 701 g/mol. The highest BCUT2D eigenvalue weighted by atomic mass is 19.1. The topological polar surface area (TPSA) is 90.2 Å². The van der Waals surface area contributed by atoms with Crippen molar-refractivity contribution in [2.45, 2.75) is 0 Å². The Balaban J connectivity index is 1.15. The number of fused-ring (bicyclic) bond motifs is 6. The van der Waals surface area contributed by atoms with Crippen molar-refractivity contribution >= 4 is 43.6 Å². The first-order chi connectivity index (χ1) is 26.6. The van der Waals surface area contributed by atoms with E-state index < -0.39 is 11.6 Å². The first-order valence-electron chi connectivity index (χ1n) is 17.2. The molecule has 5 heterocycles. The summed E-state index contributed by atoms with van der Waals surface area (Å²) in [6.45, 7) is 0. The first-order valence-corrected chi connectivity index (χ1v) is 17.2. The SMILES string of the molecule is Fc1cc(F)cc(-c2nc(-c3cccc(-c4cc5cccnc5c5ncccc45)c3)nc(-c3cccc(-c4cc5cccnc5c5ncccc45)c3)n2)c1. The molecule has 0 radical (unpaired) electrons. The van der Waals surface area contributed by atoms with Gasteiger partial charge < -0.3 is 0 Å². The van der Waals surface area contributed by atoms with E-state index in [1.165, 1.54) is 12.1 Å². The Morgan fingerprint density at radius 2 is 0.741 bits per heavy atom. The van der Waals surface area contributed by atoms with Crippen LogP contribution < -0.4 is 0 Å². The molecule has 5 aromatic carbocycles. The van der Waals surface area contributed by atoms with Gasteiger partial charge >= 0.3 is 0 Å². The van der Waals surface area contributed by atoms with Gasteiger partial charge in [0.25, 0.3) is 0 Å². The van der Waals surface area contributed by atoms with Crippen LogP contribution in [-0.4, -0.2) is 34.9 Å². The Labute approximate surface area is 306 Å². The number of hydrogen-bond donors (Lipinski definition) is 0. The van der Waals surface area contributed by atoms with Crippen LogP contribution in [0.3, 0.4) is 0 Å². The van der Waals surface area contributed by atoms with E-state index in [0.717, 1.165) is 71.9 Å². The van der Waals surface area contributed by atoms with Gasteiger partial charge in [-0.3, -0.25) is 19.9 Å². The van der Waals surface area contributed by atoms with Crippen molar-refractivity contribution in [2.24, 2.45) is 0 Å². The zero-order chi connectivity index (χ0) is 36.2. The van der Waals surface area contributed by atoms with Gasteiger partial charge in [-0.15, -0.1) is 0 Å². The van der Waals surface area contributed by atoms with Crippen LogP contribution in [-0.2, 0) is 0 Å². The maximum Gasteiger partial charge on any atom is 0.164 e. The molecule has 0 unspecified atom stereocenters. The molecule has 0 atom stereocenters. The minimum atomic E-state index is -0.727. The Kier molecular flexibility index (Phi) is 7.36. The molecule has 5 aromatic heterocycles. The van der Waals surface area contributed by atoms with Crippen molar-refractivity contribution in [1.82, 2.24) is 34.9 Å². The third kappa shape index (κ3) is 5.46. The normalized spacial score (nSPS) is 11.5. The zero-order valence-electron chi connectivity index (χ0n) is 28.3. The molecule has 0 N–H and O–H groups in total. The van der Waals surface area contributed by atoms with Crippen LogP contribution in [0.5, 0.6) is 0 Å². The van der Waals surface area contributed by atoms with Crippen LogP contribution in [0, 0.1) is 11.6 Å². The summed E-state index contributed by atoms with van der Waals surface area (Å²) in [5.74, 6) is -0.612. The predicted molar refractivity (Wildman–Crippen MR) is 208 cm³/mol. The third-order valence-corrected chi connectivity index (χ3v) is 9.54. The van der Waals surface area contributed by atoms with Crippen molar-refractivity contribution < 1.29 is 8.78 Å². The summed E-state index contributed by atoms with van der Waals surface area (Å²) in [6.07, 6.45) is 7.08. The van der Waals surface area contributed by atoms with E-state index in [0.29, 0.717) is 22.8 Å². The summed E-state index contributed by atoms with van der Waals surface area (Å²) < 4.78 is 29.2. The standard InChI is InChI=1S/C45H25F2N7/c46-33-21-32(22-34(47)25-33)45-53-43(30-9-1-7-26(19-30)37-23-28-11-3-15-48-39(28)41-35(37)13-5-17-50-41)52-44(54-45)31-10-2-8-27(20-31)38-24-29-12-4-16-49-40(29)42-36(38)14-6-18-51-42/h1-25H. The van der Waals surface area contributed by atoms with Crippen LogP contribution >= 0.6 is 0 Å². The molecular weight excluding hydrogens is 677 g/mol. The molecule has 9 heteroatoms. The highest BCUT2D eigenvalue weighted by molar-refractivity contribution is 6.11. The van der Waals surface area contributed by atoms with E-state index in [2.05, 4.69) is 32.1 Å². The maximum absolute atomic E-state index is 14.6. The molecule has 0 spiro atoms. The smallest absolute Gasteiger partial charge is 0.164 e. The van der Waals surface area contributed by atoms with Crippen molar-refractivity contribution in [2.75, 3.05) is 0 Å². The van der Waals surface area contributed by atoms with Gasteiger partial charge in [-0.25, -0.2) is 23.7 Å². The van der Waals surface area contributed by atoms with Crippen molar-refractivity contribution in [1.29, 1.82) is 0 Å². The van der Waals surface area contributed by atoms with Crippen LogP contribution in [0.4, 0.5) is 8.78 Å². The van der Waals surface area contributed by atoms with Gasteiger partial charge in [0.15, 0.2) is 17.5 Å². The number of benzene rings is 5. The maximum atomic E-state index is 14.6. The van der Waals surface area contributed by atoms with Crippen LogP contribution in [0.2, 0.25) is 0 Å². The fourth-order valence-corrected chi connectivity index (χ4v) is 7.13. The summed E-state index contributed by atoms with van der Waals surface area (Å²) >= 11 is 0. The minimum Gasteiger partial charge on any atom is -0.254 e. The molecule has 0 fully saturated rings. The Morgan fingerprint density at radius 3 is 1.22 bits per heavy atom. The van der Waals surface area contributed by atoms with Crippen molar-refractivity contribution in [3.8, 4) is 56.4 Å². The number of hydrogen-bond acceptors (Lipinski definition) is 7. The summed E-state index contributed by atoms with van der Waals surface area (Å²) in [5, 5.41) is 3.84. The molecule has 0 aliphatic rings. The van der Waals surface area contributed by atoms with Crippen LogP contribution in [0.25, 0.3) is 100 Å². The average Bonchev–Trinajstić information content (AvgIpc) is 3.22. The fourth-order valence-electron chi connectivity index (χ4n) is 7.13. The molecule has 10 rings (SSSR count). The lowest BCUT2D eigenvalue weighted by Gasteiger charge is -2.13. The van der Waals surface area contributed by atoms with Crippen LogP contribution in [0.1, 0.15) is 0 Å². The Hall–Kier alpha value is -7.39. The van der Waals surface area contributed by atoms with Gasteiger partial charge in [0.1, 0.15) is 11.6 Å². The van der Waals surface area contributed by atoms with Gasteiger partial charge in [0.05, 0.1) is 22.1 Å². The van der Waals surface area contributed by atoms with Gasteiger partial charge in [-0.05, 0) is 82.9 Å². The molecule has 0 bridgehead atoms. The summed E-state index contributed by atoms with van der Waals surface area (Å²) in [4.78, 5) is 33.1. The van der Waals surface area contributed by atoms with Crippen molar-refractivity contribution in [3.05, 3.63) is 164 Å². The quantitative estimate of drug-likeness (QED) is 0.165. The second-order valence-electron chi connectivity index (χ2n) is 12.9. The first kappa shape index (κ1) is 31.4. The second kappa shape index (κ2) is 12.7. The number of nitrogens with zero attached hydrogens (tertiary/aromatic N) is 7. The average molecular weight is 702 g/mol. The Morgan fingerprint density at radius 1 is 0.333 bits per heavy atom. The zero-order valence-corrected chi connectivity index (χ0v) is 28.3. The lowest BCUT2D eigenvalue weighted by atomic mass is 9.96. The number of halogens is 2. The molecule has 0 saturated heterocycles. The molecule has 7 nitrogen and oxygen atoms in total. The highest BCUT2D eigenvalue weighted by Gasteiger charge is 2.17. The van der Waals surface area contributed by atoms with E-state index in [9.17, 15) is 8.78 Å². The van der Waals surface area contributed by atoms with Gasteiger partial charge in [0, 0.05) is 69.1 Å². The molecule has 254 valence electrons. The second-order valence-corrected chi connectivity index (χ2v) is 12.9. The largest absolute Gasteiger partial charge is 0.254 e. The summed E-state index contributed by atoms with van der Waals surface area (Å²) in [5.41, 5.74) is 8.66. The number of aromatic nitrogens is 7. The van der Waals surface area contributed by atoms with E-state index >= 15 is 0 Å². The fraction of sp³-hybridized carbons (Fsp3) is 0. The predicted octanol–water partition coefficient (Wildman–Crippen LogP) is 10.7. The lowest BCUT2D eigenvalue weighted by Crippen LogP contribution is -2.01. The lowest BCUT2D eigenvalue weighted by molar-refractivity contribution is 0.584. The van der Waals surface area contributed by atoms with E-state index in [1.54, 1.807) is 24.8 Å². The molecular formula is C45H25F2N7. The number of rotatable bonds is 5. The van der Waals surface area contributed by atoms with Crippen molar-refractivity contribution in [3.63, 3.8) is 0 Å². The molecule has 54 heavy (non-hydrogen) atoms. The molecule has 0 saturated carbocycles. The highest BCUT2D eigenvalue weighted by Crippen LogP contribution is 2.37. The minimum absolute atomic E-state index is 0.141. The van der Waals surface area contributed by atoms with Gasteiger partial charge in [-0.2, -0.15) is 0 Å². The summed E-state index contributed by atoms with van der Waals surface area (Å²) in [6, 6.07) is 39.1. The van der Waals surface area contributed by atoms with Gasteiger partial charge in [0.2, 0.25) is 0 Å². The van der Waals surface area contributed by atoms with Crippen LogP contribution in [0.15, 0.2) is 152 Å². The van der Waals surface area contributed by atoms with E-state index in [4.69, 9.17) is 15.0 Å². The molecule has 0 aliphatic heterocycles. The van der Waals surface area contributed by atoms with E-state index in [-0.39, 0.29) is 11.4 Å². The molecule has 0 aliphatic carbocycles. The molecule has 10 aromatic rings.